The molecule has 0 saturated carbocycles. The molecule has 0 aromatic carbocycles. The Morgan fingerprint density at radius 2 is 2.36 bits per heavy atom. The highest BCUT2D eigenvalue weighted by Gasteiger charge is 2.01. The van der Waals surface area contributed by atoms with E-state index in [0.717, 1.165) is 6.42 Å². The van der Waals surface area contributed by atoms with E-state index < -0.39 is 0 Å². The first-order valence-electron chi connectivity index (χ1n) is 3.84. The summed E-state index contributed by atoms with van der Waals surface area (Å²) >= 11 is 0. The first-order chi connectivity index (χ1) is 5.20. The molecule has 1 N–H and O–H groups in total. The molecule has 0 aromatic heterocycles. The van der Waals surface area contributed by atoms with Crippen molar-refractivity contribution in [2.45, 2.75) is 26.7 Å². The van der Waals surface area contributed by atoms with Crippen LogP contribution in [-0.2, 0) is 4.79 Å². The van der Waals surface area contributed by atoms with Crippen LogP contribution in [0.15, 0.2) is 0 Å². The Hall–Kier alpha value is -1.04. The molecule has 3 nitrogen and oxygen atoms in total. The summed E-state index contributed by atoms with van der Waals surface area (Å²) in [7, 11) is 0. The quantitative estimate of drug-likeness (QED) is 0.658. The molecule has 0 aromatic rings. The number of nitriles is 1. The zero-order valence-electron chi connectivity index (χ0n) is 7.05. The Kier molecular flexibility index (Phi) is 5.18. The second-order valence-corrected chi connectivity index (χ2v) is 2.65. The molecular formula is C8H14N2O. The fourth-order valence-corrected chi connectivity index (χ4v) is 0.567. The molecule has 1 amide bonds. The van der Waals surface area contributed by atoms with Gasteiger partial charge in [-0.3, -0.25) is 4.79 Å². The molecule has 0 rings (SSSR count). The van der Waals surface area contributed by atoms with E-state index in [0.29, 0.717) is 12.5 Å². The molecule has 0 aliphatic rings. The molecule has 0 bridgehead atoms. The van der Waals surface area contributed by atoms with E-state index in [2.05, 4.69) is 19.2 Å². The second-order valence-electron chi connectivity index (χ2n) is 2.65. The highest BCUT2D eigenvalue weighted by atomic mass is 16.1. The molecule has 0 heterocycles. The number of amides is 1. The fraction of sp³-hybridized carbons (Fsp3) is 0.750. The third-order valence-corrected chi connectivity index (χ3v) is 1.58. The van der Waals surface area contributed by atoms with E-state index in [9.17, 15) is 4.79 Å². The highest BCUT2D eigenvalue weighted by Crippen LogP contribution is 1.96. The number of rotatable bonds is 4. The average molecular weight is 154 g/mol. The minimum Gasteiger partial charge on any atom is -0.355 e. The largest absolute Gasteiger partial charge is 0.355 e. The van der Waals surface area contributed by atoms with Crippen LogP contribution in [-0.4, -0.2) is 12.5 Å². The summed E-state index contributed by atoms with van der Waals surface area (Å²) in [5.74, 6) is 0.324. The van der Waals surface area contributed by atoms with Crippen LogP contribution < -0.4 is 5.32 Å². The van der Waals surface area contributed by atoms with Gasteiger partial charge in [-0.2, -0.15) is 5.26 Å². The molecule has 0 aliphatic carbocycles. The molecule has 1 atom stereocenters. The molecule has 0 spiro atoms. The van der Waals surface area contributed by atoms with Crippen molar-refractivity contribution in [3.8, 4) is 6.07 Å². The first kappa shape index (κ1) is 9.96. The summed E-state index contributed by atoms with van der Waals surface area (Å²) in [5, 5.41) is 10.8. The van der Waals surface area contributed by atoms with Crippen LogP contribution >= 0.6 is 0 Å². The van der Waals surface area contributed by atoms with Crippen molar-refractivity contribution in [1.29, 1.82) is 5.26 Å². The van der Waals surface area contributed by atoms with Gasteiger partial charge >= 0.3 is 0 Å². The van der Waals surface area contributed by atoms with Crippen molar-refractivity contribution in [3.05, 3.63) is 0 Å². The number of hydrogen-bond acceptors (Lipinski definition) is 2. The summed E-state index contributed by atoms with van der Waals surface area (Å²) in [6, 6.07) is 1.80. The van der Waals surface area contributed by atoms with Crippen LogP contribution in [0.5, 0.6) is 0 Å². The fourth-order valence-electron chi connectivity index (χ4n) is 0.567. The van der Waals surface area contributed by atoms with Crippen LogP contribution in [0.2, 0.25) is 0 Å². The third-order valence-electron chi connectivity index (χ3n) is 1.58. The van der Waals surface area contributed by atoms with E-state index in [1.807, 2.05) is 0 Å². The Morgan fingerprint density at radius 3 is 2.82 bits per heavy atom. The lowest BCUT2D eigenvalue weighted by molar-refractivity contribution is -0.120. The lowest BCUT2D eigenvalue weighted by atomic mass is 10.1. The normalized spacial score (nSPS) is 11.7. The van der Waals surface area contributed by atoms with Crippen molar-refractivity contribution in [2.75, 3.05) is 6.54 Å². The van der Waals surface area contributed by atoms with Gasteiger partial charge in [0.2, 0.25) is 5.91 Å². The lowest BCUT2D eigenvalue weighted by Crippen LogP contribution is -2.27. The molecule has 0 aliphatic heterocycles. The maximum Gasteiger partial charge on any atom is 0.234 e. The Morgan fingerprint density at radius 1 is 1.73 bits per heavy atom. The third kappa shape index (κ3) is 5.41. The van der Waals surface area contributed by atoms with Crippen molar-refractivity contribution >= 4 is 5.91 Å². The van der Waals surface area contributed by atoms with Gasteiger partial charge in [0.25, 0.3) is 0 Å². The first-order valence-corrected chi connectivity index (χ1v) is 3.84. The zero-order chi connectivity index (χ0) is 8.69. The molecule has 0 saturated heterocycles. The monoisotopic (exact) mass is 154 g/mol. The van der Waals surface area contributed by atoms with Crippen LogP contribution in [0.3, 0.4) is 0 Å². The van der Waals surface area contributed by atoms with Crippen LogP contribution in [0, 0.1) is 17.2 Å². The summed E-state index contributed by atoms with van der Waals surface area (Å²) in [5.41, 5.74) is 0. The average Bonchev–Trinajstić information content (AvgIpc) is 2.01. The lowest BCUT2D eigenvalue weighted by Gasteiger charge is -2.07. The molecule has 62 valence electrons. The minimum atomic E-state index is -0.173. The smallest absolute Gasteiger partial charge is 0.234 e. The Balaban J connectivity index is 3.39. The topological polar surface area (TPSA) is 52.9 Å². The van der Waals surface area contributed by atoms with Gasteiger partial charge in [-0.15, -0.1) is 0 Å². The van der Waals surface area contributed by atoms with Crippen molar-refractivity contribution < 1.29 is 4.79 Å². The van der Waals surface area contributed by atoms with Crippen molar-refractivity contribution in [3.63, 3.8) is 0 Å². The van der Waals surface area contributed by atoms with E-state index >= 15 is 0 Å². The maximum absolute atomic E-state index is 10.7. The van der Waals surface area contributed by atoms with Gasteiger partial charge in [-0.1, -0.05) is 20.3 Å². The molecule has 0 fully saturated rings. The predicted molar refractivity (Wildman–Crippen MR) is 42.7 cm³/mol. The van der Waals surface area contributed by atoms with E-state index in [-0.39, 0.29) is 12.3 Å². The van der Waals surface area contributed by atoms with Crippen LogP contribution in [0.4, 0.5) is 0 Å². The maximum atomic E-state index is 10.7. The number of hydrogen-bond donors (Lipinski definition) is 1. The second kappa shape index (κ2) is 5.72. The SMILES string of the molecule is CC[C@@H](C)CNC(=O)CC#N. The minimum absolute atomic E-state index is 0.0313. The highest BCUT2D eigenvalue weighted by molar-refractivity contribution is 5.77. The molecule has 0 unspecified atom stereocenters. The number of nitrogens with one attached hydrogen (secondary N) is 1. The molecule has 3 heteroatoms. The van der Waals surface area contributed by atoms with Crippen molar-refractivity contribution in [2.24, 2.45) is 5.92 Å². The molecule has 0 radical (unpaired) electrons. The standard InChI is InChI=1S/C8H14N2O/c1-3-7(2)6-10-8(11)4-5-9/h7H,3-4,6H2,1-2H3,(H,10,11)/t7-/m1/s1. The number of carbonyl (C=O) groups excluding carboxylic acids is 1. The van der Waals surface area contributed by atoms with E-state index in [1.54, 1.807) is 6.07 Å². The van der Waals surface area contributed by atoms with Crippen LogP contribution in [0.25, 0.3) is 0 Å². The summed E-state index contributed by atoms with van der Waals surface area (Å²) in [6.07, 6.45) is 1.02. The summed E-state index contributed by atoms with van der Waals surface area (Å²) in [6.45, 7) is 4.81. The van der Waals surface area contributed by atoms with E-state index in [4.69, 9.17) is 5.26 Å². The summed E-state index contributed by atoms with van der Waals surface area (Å²) < 4.78 is 0. The van der Waals surface area contributed by atoms with Crippen molar-refractivity contribution in [1.82, 2.24) is 5.32 Å². The summed E-state index contributed by atoms with van der Waals surface area (Å²) in [4.78, 5) is 10.7. The van der Waals surface area contributed by atoms with Gasteiger partial charge in [-0.25, -0.2) is 0 Å². The molecular weight excluding hydrogens is 140 g/mol. The van der Waals surface area contributed by atoms with Gasteiger partial charge < -0.3 is 5.32 Å². The van der Waals surface area contributed by atoms with Gasteiger partial charge in [0.15, 0.2) is 0 Å². The van der Waals surface area contributed by atoms with Gasteiger partial charge in [0.05, 0.1) is 6.07 Å². The zero-order valence-corrected chi connectivity index (χ0v) is 7.05. The van der Waals surface area contributed by atoms with Crippen LogP contribution in [0.1, 0.15) is 26.7 Å². The van der Waals surface area contributed by atoms with Gasteiger partial charge in [0, 0.05) is 6.54 Å². The Bertz CT molecular complexity index is 160. The van der Waals surface area contributed by atoms with Gasteiger partial charge in [0.1, 0.15) is 6.42 Å². The predicted octanol–water partition coefficient (Wildman–Crippen LogP) is 1.06. The van der Waals surface area contributed by atoms with E-state index in [1.165, 1.54) is 0 Å². The molecule has 11 heavy (non-hydrogen) atoms. The van der Waals surface area contributed by atoms with Gasteiger partial charge in [-0.05, 0) is 5.92 Å². The number of nitrogens with zero attached hydrogens (tertiary/aromatic N) is 1. The Labute approximate surface area is 67.4 Å². The number of carbonyl (C=O) groups is 1.